The molecule has 0 unspecified atom stereocenters. The minimum absolute atomic E-state index is 0.709. The maximum absolute atomic E-state index is 6.09. The van der Waals surface area contributed by atoms with Crippen LogP contribution in [0.25, 0.3) is 11.1 Å². The number of rotatable bonds is 13. The quantitative estimate of drug-likeness (QED) is 0.119. The van der Waals surface area contributed by atoms with E-state index in [2.05, 4.69) is 0 Å². The molecule has 0 atom stereocenters. The highest BCUT2D eigenvalue weighted by Crippen LogP contribution is 2.33. The van der Waals surface area contributed by atoms with Gasteiger partial charge in [0.15, 0.2) is 0 Å². The summed E-state index contributed by atoms with van der Waals surface area (Å²) < 4.78 is 35.9. The standard InChI is InChI=1S/C48H34O6/c1-3-7-37(8-4-1)49-41-19-23-45(24-20-41)53-47-31-27-43(28-32-47)51-39-15-11-35(12-16-39)36-13-17-40(18-14-36)52-44-29-33-48(34-30-44)54-46-25-21-42(22-26-46)50-38-9-5-2-6-10-38/h1-34H. The van der Waals surface area contributed by atoms with Crippen LogP contribution in [0.2, 0.25) is 0 Å². The van der Waals surface area contributed by atoms with Crippen LogP contribution < -0.4 is 28.4 Å². The average Bonchev–Trinajstić information content (AvgIpc) is 3.22. The lowest BCUT2D eigenvalue weighted by atomic mass is 10.1. The highest BCUT2D eigenvalue weighted by molar-refractivity contribution is 5.65. The van der Waals surface area contributed by atoms with E-state index in [9.17, 15) is 0 Å². The third kappa shape index (κ3) is 9.07. The molecule has 6 nitrogen and oxygen atoms in total. The SMILES string of the molecule is c1ccc(Oc2ccc(Oc3ccc(Oc4ccc(-c5ccc(Oc6ccc(Oc7ccc(Oc8ccccc8)cc7)cc6)cc5)cc4)cc3)cc2)cc1. The molecule has 0 aromatic heterocycles. The maximum atomic E-state index is 6.09. The Labute approximate surface area is 314 Å². The van der Waals surface area contributed by atoms with Crippen LogP contribution in [-0.4, -0.2) is 0 Å². The van der Waals surface area contributed by atoms with Crippen molar-refractivity contribution in [2.75, 3.05) is 0 Å². The van der Waals surface area contributed by atoms with E-state index in [1.165, 1.54) is 0 Å². The Morgan fingerprint density at radius 3 is 0.481 bits per heavy atom. The van der Waals surface area contributed by atoms with E-state index in [0.717, 1.165) is 45.6 Å². The summed E-state index contributed by atoms with van der Waals surface area (Å²) in [6, 6.07) is 65.5. The fourth-order valence-corrected chi connectivity index (χ4v) is 5.53. The molecule has 0 aliphatic carbocycles. The van der Waals surface area contributed by atoms with Gasteiger partial charge in [-0.1, -0.05) is 60.7 Å². The van der Waals surface area contributed by atoms with Gasteiger partial charge in [-0.25, -0.2) is 0 Å². The third-order valence-electron chi connectivity index (χ3n) is 8.24. The van der Waals surface area contributed by atoms with E-state index in [0.29, 0.717) is 34.5 Å². The Bertz CT molecular complexity index is 2190. The molecule has 0 saturated heterocycles. The molecule has 0 N–H and O–H groups in total. The summed E-state index contributed by atoms with van der Waals surface area (Å²) in [6.07, 6.45) is 0. The zero-order valence-corrected chi connectivity index (χ0v) is 29.1. The second kappa shape index (κ2) is 16.3. The lowest BCUT2D eigenvalue weighted by Gasteiger charge is -2.11. The lowest BCUT2D eigenvalue weighted by molar-refractivity contribution is 0.464. The molecule has 0 spiro atoms. The molecule has 8 aromatic rings. The molecule has 0 fully saturated rings. The number of ether oxygens (including phenoxy) is 6. The summed E-state index contributed by atoms with van der Waals surface area (Å²) >= 11 is 0. The number of benzene rings is 8. The van der Waals surface area contributed by atoms with Gasteiger partial charge in [-0.15, -0.1) is 0 Å². The van der Waals surface area contributed by atoms with Crippen molar-refractivity contribution in [3.63, 3.8) is 0 Å². The van der Waals surface area contributed by atoms with Crippen molar-refractivity contribution in [2.45, 2.75) is 0 Å². The third-order valence-corrected chi connectivity index (χ3v) is 8.24. The molecular formula is C48H34O6. The molecule has 0 heterocycles. The van der Waals surface area contributed by atoms with Crippen molar-refractivity contribution >= 4 is 0 Å². The first kappa shape index (κ1) is 33.7. The van der Waals surface area contributed by atoms with Crippen LogP contribution in [0.1, 0.15) is 0 Å². The van der Waals surface area contributed by atoms with Gasteiger partial charge in [-0.2, -0.15) is 0 Å². The predicted molar refractivity (Wildman–Crippen MR) is 211 cm³/mol. The zero-order valence-electron chi connectivity index (χ0n) is 29.1. The van der Waals surface area contributed by atoms with E-state index in [1.54, 1.807) is 0 Å². The Hall–Kier alpha value is -7.44. The van der Waals surface area contributed by atoms with Crippen LogP contribution in [0.5, 0.6) is 69.0 Å². The van der Waals surface area contributed by atoms with Crippen molar-refractivity contribution in [1.82, 2.24) is 0 Å². The summed E-state index contributed by atoms with van der Waals surface area (Å²) in [5.41, 5.74) is 2.14. The van der Waals surface area contributed by atoms with E-state index >= 15 is 0 Å². The normalized spacial score (nSPS) is 10.6. The van der Waals surface area contributed by atoms with Gasteiger partial charge in [0, 0.05) is 0 Å². The first-order chi connectivity index (χ1) is 26.7. The van der Waals surface area contributed by atoms with Gasteiger partial charge in [0.2, 0.25) is 0 Å². The van der Waals surface area contributed by atoms with Gasteiger partial charge in [0.1, 0.15) is 69.0 Å². The minimum Gasteiger partial charge on any atom is -0.457 e. The molecule has 54 heavy (non-hydrogen) atoms. The highest BCUT2D eigenvalue weighted by atomic mass is 16.5. The summed E-state index contributed by atoms with van der Waals surface area (Å²) in [5, 5.41) is 0. The summed E-state index contributed by atoms with van der Waals surface area (Å²) in [4.78, 5) is 0. The Morgan fingerprint density at radius 2 is 0.296 bits per heavy atom. The van der Waals surface area contributed by atoms with Gasteiger partial charge >= 0.3 is 0 Å². The van der Waals surface area contributed by atoms with Crippen molar-refractivity contribution in [2.24, 2.45) is 0 Å². The van der Waals surface area contributed by atoms with Crippen LogP contribution in [0, 0.1) is 0 Å². The molecular weight excluding hydrogens is 673 g/mol. The Morgan fingerprint density at radius 1 is 0.148 bits per heavy atom. The summed E-state index contributed by atoms with van der Waals surface area (Å²) in [7, 11) is 0. The molecule has 0 radical (unpaired) electrons. The van der Waals surface area contributed by atoms with E-state index in [-0.39, 0.29) is 0 Å². The fraction of sp³-hybridized carbons (Fsp3) is 0. The maximum Gasteiger partial charge on any atom is 0.127 e. The van der Waals surface area contributed by atoms with Gasteiger partial charge in [0.05, 0.1) is 0 Å². The van der Waals surface area contributed by atoms with Crippen molar-refractivity contribution in [1.29, 1.82) is 0 Å². The van der Waals surface area contributed by atoms with Crippen LogP contribution in [0.15, 0.2) is 206 Å². The van der Waals surface area contributed by atoms with Crippen molar-refractivity contribution in [3.8, 4) is 80.1 Å². The first-order valence-corrected chi connectivity index (χ1v) is 17.4. The topological polar surface area (TPSA) is 55.4 Å². The van der Waals surface area contributed by atoms with Crippen molar-refractivity contribution < 1.29 is 28.4 Å². The molecule has 6 heteroatoms. The number of hydrogen-bond donors (Lipinski definition) is 0. The van der Waals surface area contributed by atoms with E-state index in [1.807, 2.05) is 206 Å². The number of hydrogen-bond acceptors (Lipinski definition) is 6. The summed E-state index contributed by atoms with van der Waals surface area (Å²) in [6.45, 7) is 0. The predicted octanol–water partition coefficient (Wildman–Crippen LogP) is 14.1. The minimum atomic E-state index is 0.709. The van der Waals surface area contributed by atoms with Crippen LogP contribution in [0.3, 0.4) is 0 Å². The highest BCUT2D eigenvalue weighted by Gasteiger charge is 2.06. The largest absolute Gasteiger partial charge is 0.457 e. The van der Waals surface area contributed by atoms with Crippen LogP contribution in [-0.2, 0) is 0 Å². The molecule has 0 aliphatic heterocycles. The zero-order chi connectivity index (χ0) is 36.4. The molecule has 0 saturated carbocycles. The monoisotopic (exact) mass is 706 g/mol. The molecule has 0 bridgehead atoms. The van der Waals surface area contributed by atoms with Gasteiger partial charge < -0.3 is 28.4 Å². The summed E-state index contributed by atoms with van der Waals surface area (Å²) in [5.74, 6) is 8.82. The fourth-order valence-electron chi connectivity index (χ4n) is 5.53. The van der Waals surface area contributed by atoms with Gasteiger partial charge in [-0.3, -0.25) is 0 Å². The van der Waals surface area contributed by atoms with E-state index < -0.39 is 0 Å². The smallest absolute Gasteiger partial charge is 0.127 e. The van der Waals surface area contributed by atoms with E-state index in [4.69, 9.17) is 28.4 Å². The number of para-hydroxylation sites is 2. The van der Waals surface area contributed by atoms with Crippen LogP contribution >= 0.6 is 0 Å². The second-order valence-electron chi connectivity index (χ2n) is 12.2. The second-order valence-corrected chi connectivity index (χ2v) is 12.2. The van der Waals surface area contributed by atoms with Gasteiger partial charge in [-0.05, 0) is 157 Å². The first-order valence-electron chi connectivity index (χ1n) is 17.4. The molecule has 262 valence electrons. The lowest BCUT2D eigenvalue weighted by Crippen LogP contribution is -1.88. The van der Waals surface area contributed by atoms with Crippen molar-refractivity contribution in [3.05, 3.63) is 206 Å². The van der Waals surface area contributed by atoms with Crippen LogP contribution in [0.4, 0.5) is 0 Å². The molecule has 0 aliphatic rings. The average molecular weight is 707 g/mol. The Kier molecular flexibility index (Phi) is 10.2. The molecule has 0 amide bonds. The molecule has 8 aromatic carbocycles. The Balaban J connectivity index is 0.802. The molecule has 8 rings (SSSR count). The van der Waals surface area contributed by atoms with Gasteiger partial charge in [0.25, 0.3) is 0 Å².